The number of nitrogens with two attached hydrogens (primary N) is 1. The topological polar surface area (TPSA) is 120 Å². The number of nitriles is 1. The summed E-state index contributed by atoms with van der Waals surface area (Å²) in [4.78, 5) is 12.8. The normalized spacial score (nSPS) is 15.3. The summed E-state index contributed by atoms with van der Waals surface area (Å²) in [5.74, 6) is 0.594. The van der Waals surface area contributed by atoms with Gasteiger partial charge in [-0.25, -0.2) is 19.6 Å². The third-order valence-electron chi connectivity index (χ3n) is 5.22. The number of aromatic nitrogens is 6. The number of rotatable bonds is 4. The van der Waals surface area contributed by atoms with E-state index < -0.39 is 5.92 Å². The van der Waals surface area contributed by atoms with Gasteiger partial charge in [-0.3, -0.25) is 0 Å². The summed E-state index contributed by atoms with van der Waals surface area (Å²) in [6.07, 6.45) is 8.65. The molecule has 1 aliphatic rings. The monoisotopic (exact) mass is 410 g/mol. The predicted octanol–water partition coefficient (Wildman–Crippen LogP) is 2.76. The van der Waals surface area contributed by atoms with Crippen molar-refractivity contribution >= 4 is 0 Å². The minimum atomic E-state index is -0.454. The molecule has 0 bridgehead atoms. The van der Waals surface area contributed by atoms with Crippen LogP contribution in [0.5, 0.6) is 5.88 Å². The molecule has 4 heterocycles. The molecule has 9 nitrogen and oxygen atoms in total. The summed E-state index contributed by atoms with van der Waals surface area (Å²) < 4.78 is 9.49. The van der Waals surface area contributed by atoms with Gasteiger partial charge in [-0.05, 0) is 30.7 Å². The van der Waals surface area contributed by atoms with Gasteiger partial charge >= 0.3 is 0 Å². The Bertz CT molecular complexity index is 1300. The van der Waals surface area contributed by atoms with E-state index in [1.807, 2.05) is 42.0 Å². The summed E-state index contributed by atoms with van der Waals surface area (Å²) >= 11 is 0. The number of fused-ring (bicyclic) bond motifs is 1. The molecule has 0 saturated heterocycles. The summed E-state index contributed by atoms with van der Waals surface area (Å²) in [7, 11) is 0. The van der Waals surface area contributed by atoms with Gasteiger partial charge in [-0.1, -0.05) is 12.1 Å². The second-order valence-electron chi connectivity index (χ2n) is 6.94. The van der Waals surface area contributed by atoms with E-state index in [9.17, 15) is 5.26 Å². The van der Waals surface area contributed by atoms with Crippen LogP contribution in [0.25, 0.3) is 17.2 Å². The van der Waals surface area contributed by atoms with Gasteiger partial charge in [-0.2, -0.15) is 10.4 Å². The molecule has 5 rings (SSSR count). The molecule has 4 aromatic rings. The smallest absolute Gasteiger partial charge is 0.224 e. The molecule has 0 fully saturated rings. The van der Waals surface area contributed by atoms with Gasteiger partial charge in [0.15, 0.2) is 5.82 Å². The van der Waals surface area contributed by atoms with Crippen molar-refractivity contribution in [3.8, 4) is 29.2 Å². The van der Waals surface area contributed by atoms with Crippen LogP contribution < -0.4 is 10.5 Å². The molecule has 1 aliphatic heterocycles. The summed E-state index contributed by atoms with van der Waals surface area (Å²) in [6, 6.07) is 11.9. The van der Waals surface area contributed by atoms with Crippen LogP contribution in [-0.4, -0.2) is 29.3 Å². The molecule has 0 radical (unpaired) electrons. The number of benzene rings is 1. The van der Waals surface area contributed by atoms with Crippen molar-refractivity contribution in [3.05, 3.63) is 84.0 Å². The van der Waals surface area contributed by atoms with Crippen LogP contribution in [0.2, 0.25) is 0 Å². The van der Waals surface area contributed by atoms with E-state index in [1.54, 1.807) is 35.7 Å². The highest BCUT2D eigenvalue weighted by molar-refractivity contribution is 5.67. The number of ether oxygens (including phenoxy) is 1. The van der Waals surface area contributed by atoms with Crippen molar-refractivity contribution in [1.82, 2.24) is 29.3 Å². The zero-order chi connectivity index (χ0) is 21.4. The van der Waals surface area contributed by atoms with Crippen LogP contribution in [0, 0.1) is 11.3 Å². The fourth-order valence-corrected chi connectivity index (χ4v) is 3.78. The van der Waals surface area contributed by atoms with Crippen LogP contribution >= 0.6 is 0 Å². The first-order valence-electron chi connectivity index (χ1n) is 9.75. The molecule has 0 amide bonds. The van der Waals surface area contributed by atoms with Crippen molar-refractivity contribution in [3.63, 3.8) is 0 Å². The molecule has 1 unspecified atom stereocenters. The zero-order valence-corrected chi connectivity index (χ0v) is 16.7. The largest absolute Gasteiger partial charge is 0.422 e. The maximum Gasteiger partial charge on any atom is 0.224 e. The van der Waals surface area contributed by atoms with Crippen molar-refractivity contribution in [2.45, 2.75) is 19.4 Å². The molecular formula is C22H18N8O. The van der Waals surface area contributed by atoms with Crippen LogP contribution in [0.3, 0.4) is 0 Å². The number of hydrogen-bond donors (Lipinski definition) is 1. The lowest BCUT2D eigenvalue weighted by molar-refractivity contribution is 0.350. The Morgan fingerprint density at radius 3 is 2.58 bits per heavy atom. The van der Waals surface area contributed by atoms with Gasteiger partial charge in [0.25, 0.3) is 0 Å². The summed E-state index contributed by atoms with van der Waals surface area (Å²) in [6.45, 7) is 2.53. The standard InChI is InChI=1S/C22H18N8O/c1-2-30-22-18(19(28-30)21-26-8-3-9-27-21)17(16(12-23)20(24)31-22)14-4-6-15(7-5-14)29-11-10-25-13-29/h3-11,13,17H,2,24H2,1H3. The lowest BCUT2D eigenvalue weighted by Gasteiger charge is -2.25. The lowest BCUT2D eigenvalue weighted by atomic mass is 9.84. The van der Waals surface area contributed by atoms with Crippen molar-refractivity contribution in [2.75, 3.05) is 0 Å². The fourth-order valence-electron chi connectivity index (χ4n) is 3.78. The SMILES string of the molecule is CCn1nc(-c2ncccn2)c2c1OC(N)=C(C#N)C2c1ccc(-n2ccnc2)cc1. The van der Waals surface area contributed by atoms with E-state index in [0.717, 1.165) is 16.8 Å². The minimum Gasteiger partial charge on any atom is -0.422 e. The predicted molar refractivity (Wildman–Crippen MR) is 112 cm³/mol. The number of imidazole rings is 1. The molecule has 0 aliphatic carbocycles. The second-order valence-corrected chi connectivity index (χ2v) is 6.94. The second kappa shape index (κ2) is 7.42. The van der Waals surface area contributed by atoms with Crippen LogP contribution in [-0.2, 0) is 6.54 Å². The van der Waals surface area contributed by atoms with Gasteiger partial charge in [0.2, 0.25) is 11.8 Å². The Kier molecular flexibility index (Phi) is 4.45. The maximum atomic E-state index is 9.91. The quantitative estimate of drug-likeness (QED) is 0.549. The first-order chi connectivity index (χ1) is 15.2. The molecule has 3 aromatic heterocycles. The van der Waals surface area contributed by atoms with E-state index >= 15 is 0 Å². The lowest BCUT2D eigenvalue weighted by Crippen LogP contribution is -2.22. The average Bonchev–Trinajstić information content (AvgIpc) is 3.47. The van der Waals surface area contributed by atoms with Gasteiger partial charge in [0.05, 0.1) is 17.8 Å². The average molecular weight is 410 g/mol. The Morgan fingerprint density at radius 1 is 1.16 bits per heavy atom. The van der Waals surface area contributed by atoms with Crippen LogP contribution in [0.4, 0.5) is 0 Å². The van der Waals surface area contributed by atoms with Crippen molar-refractivity contribution in [2.24, 2.45) is 5.73 Å². The van der Waals surface area contributed by atoms with Crippen molar-refractivity contribution < 1.29 is 4.74 Å². The Hall–Kier alpha value is -4.45. The van der Waals surface area contributed by atoms with Crippen LogP contribution in [0.15, 0.2) is 72.9 Å². The number of allylic oxidation sites excluding steroid dienone is 1. The summed E-state index contributed by atoms with van der Waals surface area (Å²) in [5, 5.41) is 14.6. The molecule has 0 spiro atoms. The van der Waals surface area contributed by atoms with E-state index in [1.165, 1.54) is 0 Å². The van der Waals surface area contributed by atoms with Crippen molar-refractivity contribution in [1.29, 1.82) is 5.26 Å². The minimum absolute atomic E-state index is 0.0776. The molecule has 0 saturated carbocycles. The van der Waals surface area contributed by atoms with E-state index in [4.69, 9.17) is 10.5 Å². The highest BCUT2D eigenvalue weighted by atomic mass is 16.5. The van der Waals surface area contributed by atoms with E-state index in [2.05, 4.69) is 26.1 Å². The van der Waals surface area contributed by atoms with Gasteiger partial charge in [-0.15, -0.1) is 0 Å². The van der Waals surface area contributed by atoms with Gasteiger partial charge in [0.1, 0.15) is 17.3 Å². The number of nitrogens with zero attached hydrogens (tertiary/aromatic N) is 7. The molecule has 152 valence electrons. The van der Waals surface area contributed by atoms with E-state index in [0.29, 0.717) is 29.5 Å². The molecule has 31 heavy (non-hydrogen) atoms. The molecule has 1 atom stereocenters. The molecule has 1 aromatic carbocycles. The highest BCUT2D eigenvalue weighted by Crippen LogP contribution is 2.46. The maximum absolute atomic E-state index is 9.91. The molecular weight excluding hydrogens is 392 g/mol. The fraction of sp³-hybridized carbons (Fsp3) is 0.136. The Labute approximate surface area is 178 Å². The molecule has 2 N–H and O–H groups in total. The Morgan fingerprint density at radius 2 is 1.94 bits per heavy atom. The number of hydrogen-bond acceptors (Lipinski definition) is 7. The third-order valence-corrected chi connectivity index (χ3v) is 5.22. The first kappa shape index (κ1) is 18.6. The van der Waals surface area contributed by atoms with Gasteiger partial charge in [0, 0.05) is 37.0 Å². The van der Waals surface area contributed by atoms with Gasteiger partial charge < -0.3 is 15.0 Å². The highest BCUT2D eigenvalue weighted by Gasteiger charge is 2.37. The zero-order valence-electron chi connectivity index (χ0n) is 16.7. The summed E-state index contributed by atoms with van der Waals surface area (Å²) in [5.41, 5.74) is 9.64. The van der Waals surface area contributed by atoms with E-state index in [-0.39, 0.29) is 5.88 Å². The molecule has 9 heteroatoms. The number of aryl methyl sites for hydroxylation is 1. The Balaban J connectivity index is 1.70. The first-order valence-corrected chi connectivity index (χ1v) is 9.75. The van der Waals surface area contributed by atoms with Crippen LogP contribution in [0.1, 0.15) is 24.0 Å². The third kappa shape index (κ3) is 3.02.